The summed E-state index contributed by atoms with van der Waals surface area (Å²) in [5.74, 6) is 0. The van der Waals surface area contributed by atoms with Crippen molar-refractivity contribution < 1.29 is 0 Å². The maximum Gasteiger partial charge on any atom is 0.0963 e. The van der Waals surface area contributed by atoms with Crippen LogP contribution in [0.4, 0.5) is 0 Å². The minimum atomic E-state index is -0.0197. The summed E-state index contributed by atoms with van der Waals surface area (Å²) in [6.07, 6.45) is -0.0197. The van der Waals surface area contributed by atoms with Gasteiger partial charge in [-0.05, 0) is 26.8 Å². The van der Waals surface area contributed by atoms with Crippen molar-refractivity contribution in [3.8, 4) is 0 Å². The molecule has 0 aliphatic carbocycles. The van der Waals surface area contributed by atoms with Crippen LogP contribution in [-0.2, 0) is 0 Å². The topological polar surface area (TPSA) is 43.8 Å². The molecule has 1 aromatic rings. The summed E-state index contributed by atoms with van der Waals surface area (Å²) in [5.41, 5.74) is 7.77. The van der Waals surface area contributed by atoms with E-state index < -0.39 is 0 Å². The Balaban J connectivity index is 3.03. The van der Waals surface area contributed by atoms with Crippen LogP contribution in [0.15, 0.2) is 6.07 Å². The quantitative estimate of drug-likeness (QED) is 0.630. The second-order valence-electron chi connectivity index (χ2n) is 2.61. The molecule has 0 saturated carbocycles. The van der Waals surface area contributed by atoms with Gasteiger partial charge in [-0.1, -0.05) is 0 Å². The van der Waals surface area contributed by atoms with E-state index in [-0.39, 0.29) is 6.17 Å². The molecule has 1 atom stereocenters. The van der Waals surface area contributed by atoms with E-state index in [1.165, 1.54) is 0 Å². The summed E-state index contributed by atoms with van der Waals surface area (Å²) < 4.78 is 1.81. The van der Waals surface area contributed by atoms with Crippen LogP contribution >= 0.6 is 0 Å². The van der Waals surface area contributed by atoms with Crippen molar-refractivity contribution in [1.29, 1.82) is 0 Å². The Morgan fingerprint density at radius 2 is 2.20 bits per heavy atom. The van der Waals surface area contributed by atoms with Crippen molar-refractivity contribution >= 4 is 0 Å². The lowest BCUT2D eigenvalue weighted by molar-refractivity contribution is 0.494. The normalized spacial score (nSPS) is 13.6. The molecule has 0 spiro atoms. The molecular formula is C7H13N3. The van der Waals surface area contributed by atoms with E-state index in [0.717, 1.165) is 11.4 Å². The highest BCUT2D eigenvalue weighted by molar-refractivity contribution is 5.06. The lowest BCUT2D eigenvalue weighted by Gasteiger charge is -2.06. The maximum absolute atomic E-state index is 5.63. The standard InChI is InChI=1S/C7H13N3/c1-5-4-6(2)10(9-5)7(3)8/h4,7H,8H2,1-3H3. The molecule has 3 heteroatoms. The molecule has 0 bridgehead atoms. The minimum Gasteiger partial charge on any atom is -0.310 e. The highest BCUT2D eigenvalue weighted by atomic mass is 15.3. The van der Waals surface area contributed by atoms with Crippen molar-refractivity contribution in [1.82, 2.24) is 9.78 Å². The second-order valence-corrected chi connectivity index (χ2v) is 2.61. The molecule has 0 amide bonds. The smallest absolute Gasteiger partial charge is 0.0963 e. The van der Waals surface area contributed by atoms with E-state index in [1.54, 1.807) is 0 Å². The third kappa shape index (κ3) is 1.19. The van der Waals surface area contributed by atoms with Crippen LogP contribution in [0.2, 0.25) is 0 Å². The average molecular weight is 139 g/mol. The molecule has 0 aromatic carbocycles. The summed E-state index contributed by atoms with van der Waals surface area (Å²) >= 11 is 0. The first-order valence-corrected chi connectivity index (χ1v) is 3.39. The van der Waals surface area contributed by atoms with E-state index in [2.05, 4.69) is 5.10 Å². The number of nitrogens with two attached hydrogens (primary N) is 1. The van der Waals surface area contributed by atoms with Gasteiger partial charge in [0, 0.05) is 5.69 Å². The molecule has 0 radical (unpaired) electrons. The molecule has 2 N–H and O–H groups in total. The highest BCUT2D eigenvalue weighted by Crippen LogP contribution is 2.04. The highest BCUT2D eigenvalue weighted by Gasteiger charge is 2.02. The monoisotopic (exact) mass is 139 g/mol. The molecule has 0 aliphatic heterocycles. The van der Waals surface area contributed by atoms with Crippen LogP contribution < -0.4 is 5.73 Å². The van der Waals surface area contributed by atoms with E-state index in [0.29, 0.717) is 0 Å². The largest absolute Gasteiger partial charge is 0.310 e. The van der Waals surface area contributed by atoms with Crippen LogP contribution in [0.5, 0.6) is 0 Å². The number of aryl methyl sites for hydroxylation is 2. The molecule has 0 saturated heterocycles. The molecule has 10 heavy (non-hydrogen) atoms. The van der Waals surface area contributed by atoms with Crippen molar-refractivity contribution in [2.75, 3.05) is 0 Å². The molecule has 1 heterocycles. The van der Waals surface area contributed by atoms with E-state index >= 15 is 0 Å². The molecular weight excluding hydrogens is 126 g/mol. The molecule has 1 rings (SSSR count). The van der Waals surface area contributed by atoms with E-state index in [9.17, 15) is 0 Å². The van der Waals surface area contributed by atoms with Crippen molar-refractivity contribution in [3.63, 3.8) is 0 Å². The van der Waals surface area contributed by atoms with Crippen LogP contribution in [-0.4, -0.2) is 9.78 Å². The zero-order chi connectivity index (χ0) is 7.72. The minimum absolute atomic E-state index is 0.0197. The number of aromatic nitrogens is 2. The van der Waals surface area contributed by atoms with Gasteiger partial charge in [0.25, 0.3) is 0 Å². The van der Waals surface area contributed by atoms with Gasteiger partial charge in [0.15, 0.2) is 0 Å². The molecule has 0 fully saturated rings. The third-order valence-corrected chi connectivity index (χ3v) is 1.43. The second kappa shape index (κ2) is 2.42. The fraction of sp³-hybridized carbons (Fsp3) is 0.571. The Labute approximate surface area is 60.8 Å². The van der Waals surface area contributed by atoms with E-state index in [1.807, 2.05) is 31.5 Å². The van der Waals surface area contributed by atoms with Gasteiger partial charge in [-0.25, -0.2) is 0 Å². The molecule has 1 unspecified atom stereocenters. The van der Waals surface area contributed by atoms with Crippen LogP contribution in [0, 0.1) is 13.8 Å². The lowest BCUT2D eigenvalue weighted by atomic mass is 10.4. The Hall–Kier alpha value is -0.830. The summed E-state index contributed by atoms with van der Waals surface area (Å²) in [4.78, 5) is 0. The van der Waals surface area contributed by atoms with Gasteiger partial charge in [-0.3, -0.25) is 4.68 Å². The maximum atomic E-state index is 5.63. The lowest BCUT2D eigenvalue weighted by Crippen LogP contribution is -2.17. The fourth-order valence-electron chi connectivity index (χ4n) is 1.06. The Morgan fingerprint density at radius 3 is 2.40 bits per heavy atom. The van der Waals surface area contributed by atoms with Crippen molar-refractivity contribution in [2.45, 2.75) is 26.9 Å². The average Bonchev–Trinajstić information content (AvgIpc) is 2.10. The molecule has 56 valence electrons. The van der Waals surface area contributed by atoms with Crippen LogP contribution in [0.3, 0.4) is 0 Å². The first kappa shape index (κ1) is 7.28. The summed E-state index contributed by atoms with van der Waals surface area (Å²) in [5, 5.41) is 4.20. The first-order chi connectivity index (χ1) is 4.61. The number of rotatable bonds is 1. The summed E-state index contributed by atoms with van der Waals surface area (Å²) in [7, 11) is 0. The summed E-state index contributed by atoms with van der Waals surface area (Å²) in [6, 6.07) is 2.02. The van der Waals surface area contributed by atoms with Gasteiger partial charge in [0.2, 0.25) is 0 Å². The zero-order valence-electron chi connectivity index (χ0n) is 6.63. The predicted molar refractivity (Wildman–Crippen MR) is 40.6 cm³/mol. The third-order valence-electron chi connectivity index (χ3n) is 1.43. The zero-order valence-corrected chi connectivity index (χ0v) is 6.63. The Morgan fingerprint density at radius 1 is 1.60 bits per heavy atom. The Bertz CT molecular complexity index is 225. The molecule has 3 nitrogen and oxygen atoms in total. The first-order valence-electron chi connectivity index (χ1n) is 3.39. The summed E-state index contributed by atoms with van der Waals surface area (Å²) in [6.45, 7) is 5.88. The number of hydrogen-bond acceptors (Lipinski definition) is 2. The van der Waals surface area contributed by atoms with Gasteiger partial charge in [-0.15, -0.1) is 0 Å². The van der Waals surface area contributed by atoms with Gasteiger partial charge >= 0.3 is 0 Å². The van der Waals surface area contributed by atoms with E-state index in [4.69, 9.17) is 5.73 Å². The molecule has 0 aliphatic rings. The van der Waals surface area contributed by atoms with Gasteiger partial charge in [0.05, 0.1) is 11.9 Å². The van der Waals surface area contributed by atoms with Crippen molar-refractivity contribution in [3.05, 3.63) is 17.5 Å². The number of nitrogens with zero attached hydrogens (tertiary/aromatic N) is 2. The van der Waals surface area contributed by atoms with Crippen LogP contribution in [0.25, 0.3) is 0 Å². The van der Waals surface area contributed by atoms with Gasteiger partial charge in [0.1, 0.15) is 0 Å². The SMILES string of the molecule is Cc1cc(C)n(C(C)N)n1. The molecule has 1 aromatic heterocycles. The van der Waals surface area contributed by atoms with Gasteiger partial charge in [-0.2, -0.15) is 5.10 Å². The van der Waals surface area contributed by atoms with Gasteiger partial charge < -0.3 is 5.73 Å². The number of hydrogen-bond donors (Lipinski definition) is 1. The predicted octanol–water partition coefficient (Wildman–Crippen LogP) is 0.977. The van der Waals surface area contributed by atoms with Crippen LogP contribution in [0.1, 0.15) is 24.5 Å². The fourth-order valence-corrected chi connectivity index (χ4v) is 1.06. The van der Waals surface area contributed by atoms with Crippen molar-refractivity contribution in [2.24, 2.45) is 5.73 Å². The Kier molecular flexibility index (Phi) is 1.76.